The molecule has 144 valence electrons. The topological polar surface area (TPSA) is 49.4 Å². The van der Waals surface area contributed by atoms with Gasteiger partial charge in [0.25, 0.3) is 0 Å². The third-order valence-electron chi connectivity index (χ3n) is 4.39. The van der Waals surface area contributed by atoms with Crippen molar-refractivity contribution in [1.29, 1.82) is 0 Å². The van der Waals surface area contributed by atoms with Gasteiger partial charge in [0.15, 0.2) is 0 Å². The highest BCUT2D eigenvalue weighted by molar-refractivity contribution is 7.99. The third-order valence-corrected chi connectivity index (χ3v) is 5.37. The van der Waals surface area contributed by atoms with Crippen LogP contribution in [0.3, 0.4) is 0 Å². The summed E-state index contributed by atoms with van der Waals surface area (Å²) in [5, 5.41) is 2.64. The van der Waals surface area contributed by atoms with Crippen LogP contribution in [0, 0.1) is 13.8 Å². The molecular formula is C22H28N2O2S. The highest BCUT2D eigenvalue weighted by atomic mass is 32.2. The summed E-state index contributed by atoms with van der Waals surface area (Å²) in [4.78, 5) is 26.6. The molecule has 0 fully saturated rings. The van der Waals surface area contributed by atoms with E-state index in [1.165, 1.54) is 16.7 Å². The fourth-order valence-corrected chi connectivity index (χ4v) is 3.91. The van der Waals surface area contributed by atoms with Crippen molar-refractivity contribution in [2.45, 2.75) is 39.1 Å². The molecule has 0 unspecified atom stereocenters. The Kier molecular flexibility index (Phi) is 7.92. The predicted molar refractivity (Wildman–Crippen MR) is 113 cm³/mol. The molecule has 27 heavy (non-hydrogen) atoms. The van der Waals surface area contributed by atoms with Gasteiger partial charge in [-0.05, 0) is 31.9 Å². The van der Waals surface area contributed by atoms with Crippen molar-refractivity contribution < 1.29 is 9.59 Å². The van der Waals surface area contributed by atoms with Crippen molar-refractivity contribution in [1.82, 2.24) is 10.2 Å². The molecule has 4 nitrogen and oxygen atoms in total. The molecule has 0 aliphatic carbocycles. The molecule has 1 N–H and O–H groups in total. The van der Waals surface area contributed by atoms with Gasteiger partial charge in [-0.2, -0.15) is 0 Å². The number of thioether (sulfide) groups is 1. The average Bonchev–Trinajstić information content (AvgIpc) is 2.64. The van der Waals surface area contributed by atoms with E-state index in [0.717, 1.165) is 11.3 Å². The van der Waals surface area contributed by atoms with Crippen molar-refractivity contribution >= 4 is 23.6 Å². The second kappa shape index (κ2) is 10.2. The molecule has 1 atom stereocenters. The molecular weight excluding hydrogens is 356 g/mol. The van der Waals surface area contributed by atoms with Gasteiger partial charge in [-0.3, -0.25) is 9.59 Å². The summed E-state index contributed by atoms with van der Waals surface area (Å²) < 4.78 is 0. The Morgan fingerprint density at radius 3 is 2.26 bits per heavy atom. The molecule has 0 spiro atoms. The molecule has 5 heteroatoms. The molecule has 2 rings (SSSR count). The Morgan fingerprint density at radius 2 is 1.67 bits per heavy atom. The molecule has 2 aromatic carbocycles. The zero-order chi connectivity index (χ0) is 19.8. The number of carbonyl (C=O) groups is 2. The average molecular weight is 385 g/mol. The number of hydrogen-bond donors (Lipinski definition) is 1. The number of rotatable bonds is 8. The van der Waals surface area contributed by atoms with Crippen molar-refractivity contribution in [2.24, 2.45) is 0 Å². The molecule has 0 saturated heterocycles. The van der Waals surface area contributed by atoms with Crippen LogP contribution in [0.1, 0.15) is 29.2 Å². The number of aryl methyl sites for hydroxylation is 2. The first kappa shape index (κ1) is 21.0. The van der Waals surface area contributed by atoms with Gasteiger partial charge >= 0.3 is 0 Å². The Morgan fingerprint density at radius 1 is 1.04 bits per heavy atom. The minimum atomic E-state index is -0.510. The molecule has 2 aromatic rings. The summed E-state index contributed by atoms with van der Waals surface area (Å²) in [6.45, 7) is 6.37. The lowest BCUT2D eigenvalue weighted by molar-refractivity contribution is -0.138. The summed E-state index contributed by atoms with van der Waals surface area (Å²) in [5.41, 5.74) is 4.70. The largest absolute Gasteiger partial charge is 0.357 e. The van der Waals surface area contributed by atoms with Gasteiger partial charge in [0.2, 0.25) is 11.8 Å². The van der Waals surface area contributed by atoms with Gasteiger partial charge in [-0.15, -0.1) is 11.8 Å². The van der Waals surface area contributed by atoms with E-state index in [2.05, 4.69) is 37.4 Å². The summed E-state index contributed by atoms with van der Waals surface area (Å²) in [7, 11) is 1.60. The zero-order valence-corrected chi connectivity index (χ0v) is 17.3. The second-order valence-corrected chi connectivity index (χ2v) is 7.77. The molecule has 0 heterocycles. The molecule has 0 saturated carbocycles. The lowest BCUT2D eigenvalue weighted by atomic mass is 10.1. The Balaban J connectivity index is 2.02. The van der Waals surface area contributed by atoms with E-state index in [-0.39, 0.29) is 11.8 Å². The molecule has 0 aliphatic rings. The van der Waals surface area contributed by atoms with E-state index >= 15 is 0 Å². The van der Waals surface area contributed by atoms with Gasteiger partial charge in [0.05, 0.1) is 5.75 Å². The number of hydrogen-bond acceptors (Lipinski definition) is 3. The molecule has 0 aromatic heterocycles. The van der Waals surface area contributed by atoms with Crippen molar-refractivity contribution in [3.05, 3.63) is 70.8 Å². The zero-order valence-electron chi connectivity index (χ0n) is 16.5. The summed E-state index contributed by atoms with van der Waals surface area (Å²) in [5.74, 6) is 0.950. The molecule has 0 aliphatic heterocycles. The number of nitrogens with one attached hydrogen (secondary N) is 1. The quantitative estimate of drug-likeness (QED) is 0.755. The first-order valence-corrected chi connectivity index (χ1v) is 10.3. The van der Waals surface area contributed by atoms with E-state index < -0.39 is 6.04 Å². The monoisotopic (exact) mass is 384 g/mol. The van der Waals surface area contributed by atoms with E-state index in [9.17, 15) is 9.59 Å². The highest BCUT2D eigenvalue weighted by Gasteiger charge is 2.25. The number of nitrogens with zero attached hydrogens (tertiary/aromatic N) is 1. The predicted octanol–water partition coefficient (Wildman–Crippen LogP) is 3.70. The lowest BCUT2D eigenvalue weighted by Gasteiger charge is -2.28. The number of amides is 2. The van der Waals surface area contributed by atoms with Gasteiger partial charge in [0.1, 0.15) is 6.04 Å². The van der Waals surface area contributed by atoms with E-state index in [1.54, 1.807) is 30.6 Å². The van der Waals surface area contributed by atoms with Crippen LogP contribution in [0.15, 0.2) is 48.5 Å². The SMILES string of the molecule is CNC(=O)[C@H](C)N(Cc1ccccc1)C(=O)CSCc1cc(C)cc(C)c1. The van der Waals surface area contributed by atoms with Crippen LogP contribution in [0.2, 0.25) is 0 Å². The number of benzene rings is 2. The smallest absolute Gasteiger partial charge is 0.242 e. The van der Waals surface area contributed by atoms with Gasteiger partial charge in [0, 0.05) is 19.3 Å². The van der Waals surface area contributed by atoms with Gasteiger partial charge in [-0.25, -0.2) is 0 Å². The summed E-state index contributed by atoms with van der Waals surface area (Å²) in [6.07, 6.45) is 0. The number of carbonyl (C=O) groups excluding carboxylic acids is 2. The van der Waals surface area contributed by atoms with Crippen LogP contribution >= 0.6 is 11.8 Å². The van der Waals surface area contributed by atoms with Crippen LogP contribution in [0.4, 0.5) is 0 Å². The Hall–Kier alpha value is -2.27. The minimum Gasteiger partial charge on any atom is -0.357 e. The van der Waals surface area contributed by atoms with E-state index in [0.29, 0.717) is 12.3 Å². The first-order chi connectivity index (χ1) is 12.9. The Bertz CT molecular complexity index is 757. The van der Waals surface area contributed by atoms with Crippen molar-refractivity contribution in [3.8, 4) is 0 Å². The first-order valence-electron chi connectivity index (χ1n) is 9.10. The molecule has 0 radical (unpaired) electrons. The summed E-state index contributed by atoms with van der Waals surface area (Å²) >= 11 is 1.58. The fraction of sp³-hybridized carbons (Fsp3) is 0.364. The van der Waals surface area contributed by atoms with Crippen LogP contribution in [-0.4, -0.2) is 35.6 Å². The van der Waals surface area contributed by atoms with Crippen LogP contribution < -0.4 is 5.32 Å². The van der Waals surface area contributed by atoms with E-state index in [4.69, 9.17) is 0 Å². The number of likely N-dealkylation sites (N-methyl/N-ethyl adjacent to an activating group) is 1. The van der Waals surface area contributed by atoms with Crippen molar-refractivity contribution in [2.75, 3.05) is 12.8 Å². The van der Waals surface area contributed by atoms with Gasteiger partial charge in [-0.1, -0.05) is 59.7 Å². The highest BCUT2D eigenvalue weighted by Crippen LogP contribution is 2.18. The fourth-order valence-electron chi connectivity index (χ4n) is 3.06. The van der Waals surface area contributed by atoms with Crippen molar-refractivity contribution in [3.63, 3.8) is 0 Å². The maximum Gasteiger partial charge on any atom is 0.242 e. The maximum absolute atomic E-state index is 12.9. The molecule has 2 amide bonds. The van der Waals surface area contributed by atoms with E-state index in [1.807, 2.05) is 30.3 Å². The van der Waals surface area contributed by atoms with Crippen LogP contribution in [0.25, 0.3) is 0 Å². The van der Waals surface area contributed by atoms with Gasteiger partial charge < -0.3 is 10.2 Å². The minimum absolute atomic E-state index is 0.0238. The normalized spacial score (nSPS) is 11.7. The van der Waals surface area contributed by atoms with Crippen LogP contribution in [0.5, 0.6) is 0 Å². The molecule has 0 bridgehead atoms. The standard InChI is InChI=1S/C22H28N2O2S/c1-16-10-17(2)12-20(11-16)14-27-15-21(25)24(18(3)22(26)23-4)13-19-8-6-5-7-9-19/h5-12,18H,13-15H2,1-4H3,(H,23,26)/t18-/m0/s1. The van der Waals surface area contributed by atoms with Crippen LogP contribution in [-0.2, 0) is 21.9 Å². The third kappa shape index (κ3) is 6.43. The maximum atomic E-state index is 12.9. The summed E-state index contributed by atoms with van der Waals surface area (Å²) in [6, 6.07) is 15.7. The Labute approximate surface area is 166 Å². The lowest BCUT2D eigenvalue weighted by Crippen LogP contribution is -2.47. The second-order valence-electron chi connectivity index (χ2n) is 6.79.